The molecule has 0 aliphatic carbocycles. The third kappa shape index (κ3) is 2.63. The number of pyridine rings is 1. The summed E-state index contributed by atoms with van der Waals surface area (Å²) in [5, 5.41) is 11.2. The van der Waals surface area contributed by atoms with Crippen LogP contribution in [-0.4, -0.2) is 20.5 Å². The average Bonchev–Trinajstić information content (AvgIpc) is 2.91. The zero-order valence-corrected chi connectivity index (χ0v) is 11.9. The van der Waals surface area contributed by atoms with E-state index in [2.05, 4.69) is 15.5 Å². The first kappa shape index (κ1) is 13.3. The smallest absolute Gasteiger partial charge is 0.251 e. The molecular formula is C16H16N4O. The molecule has 0 spiro atoms. The van der Waals surface area contributed by atoms with Crippen LogP contribution in [0.3, 0.4) is 0 Å². The summed E-state index contributed by atoms with van der Waals surface area (Å²) in [7, 11) is 0. The Morgan fingerprint density at radius 1 is 1.19 bits per heavy atom. The van der Waals surface area contributed by atoms with Crippen molar-refractivity contribution in [1.29, 1.82) is 0 Å². The minimum atomic E-state index is -0.226. The summed E-state index contributed by atoms with van der Waals surface area (Å²) in [5.41, 5.74) is 2.48. The number of amides is 1. The number of carbonyl (C=O) groups excluding carboxylic acids is 1. The molecule has 1 amide bonds. The molecule has 1 atom stereocenters. The molecule has 5 nitrogen and oxygen atoms in total. The van der Waals surface area contributed by atoms with E-state index in [4.69, 9.17) is 0 Å². The van der Waals surface area contributed by atoms with Crippen LogP contribution in [0.1, 0.15) is 34.7 Å². The van der Waals surface area contributed by atoms with Crippen LogP contribution in [0.25, 0.3) is 5.65 Å². The van der Waals surface area contributed by atoms with Gasteiger partial charge in [-0.3, -0.25) is 9.20 Å². The van der Waals surface area contributed by atoms with Crippen LogP contribution in [0.4, 0.5) is 0 Å². The Bertz CT molecular complexity index is 794. The van der Waals surface area contributed by atoms with Gasteiger partial charge >= 0.3 is 0 Å². The average molecular weight is 280 g/mol. The maximum absolute atomic E-state index is 12.3. The van der Waals surface area contributed by atoms with Gasteiger partial charge in [0.1, 0.15) is 0 Å². The number of hydrogen-bond donors (Lipinski definition) is 1. The number of nitrogens with one attached hydrogen (secondary N) is 1. The summed E-state index contributed by atoms with van der Waals surface area (Å²) < 4.78 is 1.88. The Morgan fingerprint density at radius 3 is 2.86 bits per heavy atom. The van der Waals surface area contributed by atoms with Crippen molar-refractivity contribution in [2.24, 2.45) is 0 Å². The highest BCUT2D eigenvalue weighted by atomic mass is 16.1. The highest BCUT2D eigenvalue weighted by Crippen LogP contribution is 2.13. The predicted octanol–water partition coefficient (Wildman–Crippen LogP) is 2.53. The van der Waals surface area contributed by atoms with Crippen LogP contribution >= 0.6 is 0 Å². The van der Waals surface area contributed by atoms with Crippen molar-refractivity contribution < 1.29 is 4.79 Å². The van der Waals surface area contributed by atoms with Crippen LogP contribution in [0.2, 0.25) is 0 Å². The molecule has 21 heavy (non-hydrogen) atoms. The summed E-state index contributed by atoms with van der Waals surface area (Å²) >= 11 is 0. The molecule has 0 fully saturated rings. The largest absolute Gasteiger partial charge is 0.342 e. The van der Waals surface area contributed by atoms with Crippen molar-refractivity contribution in [2.45, 2.75) is 19.9 Å². The fourth-order valence-electron chi connectivity index (χ4n) is 2.29. The number of aromatic nitrogens is 3. The molecule has 0 aliphatic heterocycles. The Hall–Kier alpha value is -2.69. The summed E-state index contributed by atoms with van der Waals surface area (Å²) in [6, 6.07) is 13.0. The molecule has 2 aromatic heterocycles. The number of fused-ring (bicyclic) bond motifs is 1. The van der Waals surface area contributed by atoms with Gasteiger partial charge in [0.25, 0.3) is 5.91 Å². The number of rotatable bonds is 3. The van der Waals surface area contributed by atoms with Crippen molar-refractivity contribution in [3.8, 4) is 0 Å². The van der Waals surface area contributed by atoms with Crippen molar-refractivity contribution >= 4 is 11.6 Å². The third-order valence-corrected chi connectivity index (χ3v) is 3.36. The van der Waals surface area contributed by atoms with E-state index in [0.717, 1.165) is 11.2 Å². The molecule has 0 aliphatic rings. The Balaban J connectivity index is 1.83. The first-order valence-electron chi connectivity index (χ1n) is 6.82. The quantitative estimate of drug-likeness (QED) is 0.802. The van der Waals surface area contributed by atoms with E-state index in [9.17, 15) is 4.79 Å². The van der Waals surface area contributed by atoms with Crippen molar-refractivity contribution in [2.75, 3.05) is 0 Å². The Morgan fingerprint density at radius 2 is 2.05 bits per heavy atom. The van der Waals surface area contributed by atoms with E-state index in [1.54, 1.807) is 6.07 Å². The molecule has 3 aromatic rings. The monoisotopic (exact) mass is 280 g/mol. The molecule has 0 unspecified atom stereocenters. The van der Waals surface area contributed by atoms with Crippen LogP contribution in [0, 0.1) is 6.92 Å². The summed E-state index contributed by atoms with van der Waals surface area (Å²) in [4.78, 5) is 12.3. The molecule has 0 radical (unpaired) electrons. The fourth-order valence-corrected chi connectivity index (χ4v) is 2.29. The minimum absolute atomic E-state index is 0.112. The summed E-state index contributed by atoms with van der Waals surface area (Å²) in [6.07, 6.45) is 1.89. The number of carbonyl (C=O) groups is 1. The molecule has 5 heteroatoms. The maximum Gasteiger partial charge on any atom is 0.251 e. The number of aryl methyl sites for hydroxylation is 1. The molecule has 2 heterocycles. The van der Waals surface area contributed by atoms with E-state index in [1.165, 1.54) is 0 Å². The van der Waals surface area contributed by atoms with Crippen LogP contribution in [0.5, 0.6) is 0 Å². The number of nitrogens with zero attached hydrogens (tertiary/aromatic N) is 3. The van der Waals surface area contributed by atoms with Gasteiger partial charge in [-0.1, -0.05) is 23.8 Å². The second-order valence-electron chi connectivity index (χ2n) is 5.05. The lowest BCUT2D eigenvalue weighted by molar-refractivity contribution is 0.0938. The van der Waals surface area contributed by atoms with Gasteiger partial charge < -0.3 is 5.32 Å². The minimum Gasteiger partial charge on any atom is -0.342 e. The van der Waals surface area contributed by atoms with Crippen molar-refractivity contribution in [1.82, 2.24) is 19.9 Å². The van der Waals surface area contributed by atoms with E-state index < -0.39 is 0 Å². The molecular weight excluding hydrogens is 264 g/mol. The molecule has 1 aromatic carbocycles. The van der Waals surface area contributed by atoms with Gasteiger partial charge in [0.05, 0.1) is 6.04 Å². The molecule has 0 saturated heterocycles. The van der Waals surface area contributed by atoms with Gasteiger partial charge in [-0.05, 0) is 38.1 Å². The van der Waals surface area contributed by atoms with E-state index in [0.29, 0.717) is 11.4 Å². The first-order chi connectivity index (χ1) is 10.1. The second-order valence-corrected chi connectivity index (χ2v) is 5.05. The molecule has 3 rings (SSSR count). The highest BCUT2D eigenvalue weighted by molar-refractivity contribution is 5.94. The zero-order valence-electron chi connectivity index (χ0n) is 11.9. The van der Waals surface area contributed by atoms with Gasteiger partial charge in [-0.2, -0.15) is 0 Å². The maximum atomic E-state index is 12.3. The second kappa shape index (κ2) is 5.36. The highest BCUT2D eigenvalue weighted by Gasteiger charge is 2.16. The molecule has 106 valence electrons. The van der Waals surface area contributed by atoms with Crippen LogP contribution in [0.15, 0.2) is 48.7 Å². The van der Waals surface area contributed by atoms with Crippen molar-refractivity contribution in [3.05, 3.63) is 65.6 Å². The van der Waals surface area contributed by atoms with Gasteiger partial charge in [-0.25, -0.2) is 0 Å². The molecule has 1 N–H and O–H groups in total. The third-order valence-electron chi connectivity index (χ3n) is 3.36. The van der Waals surface area contributed by atoms with E-state index in [-0.39, 0.29) is 11.9 Å². The lowest BCUT2D eigenvalue weighted by Gasteiger charge is -2.12. The topological polar surface area (TPSA) is 59.3 Å². The van der Waals surface area contributed by atoms with Gasteiger partial charge in [0.15, 0.2) is 11.5 Å². The van der Waals surface area contributed by atoms with Gasteiger partial charge in [0.2, 0.25) is 0 Å². The molecule has 0 bridgehead atoms. The van der Waals surface area contributed by atoms with E-state index in [1.807, 2.05) is 60.8 Å². The molecule has 0 saturated carbocycles. The zero-order chi connectivity index (χ0) is 14.8. The van der Waals surface area contributed by atoms with Crippen LogP contribution < -0.4 is 5.32 Å². The Labute approximate surface area is 122 Å². The summed E-state index contributed by atoms with van der Waals surface area (Å²) in [5.74, 6) is 0.602. The standard InChI is InChI=1S/C16H16N4O/c1-11-6-5-7-13(10-11)16(21)17-12(2)15-19-18-14-8-3-4-9-20(14)15/h3-10,12H,1-2H3,(H,17,21)/t12-/m0/s1. The summed E-state index contributed by atoms with van der Waals surface area (Å²) in [6.45, 7) is 3.86. The normalized spacial score (nSPS) is 12.3. The lowest BCUT2D eigenvalue weighted by atomic mass is 10.1. The van der Waals surface area contributed by atoms with E-state index >= 15 is 0 Å². The Kier molecular flexibility index (Phi) is 3.39. The predicted molar refractivity (Wildman–Crippen MR) is 80.0 cm³/mol. The van der Waals surface area contributed by atoms with Gasteiger partial charge in [-0.15, -0.1) is 10.2 Å². The fraction of sp³-hybridized carbons (Fsp3) is 0.188. The van der Waals surface area contributed by atoms with Crippen molar-refractivity contribution in [3.63, 3.8) is 0 Å². The number of benzene rings is 1. The number of hydrogen-bond acceptors (Lipinski definition) is 3. The van der Waals surface area contributed by atoms with Crippen LogP contribution in [-0.2, 0) is 0 Å². The first-order valence-corrected chi connectivity index (χ1v) is 6.82. The lowest BCUT2D eigenvalue weighted by Crippen LogP contribution is -2.28. The van der Waals surface area contributed by atoms with Gasteiger partial charge in [0, 0.05) is 11.8 Å². The SMILES string of the molecule is Cc1cccc(C(=O)N[C@@H](C)c2nnc3ccccn23)c1.